The highest BCUT2D eigenvalue weighted by Gasteiger charge is 2.30. The van der Waals surface area contributed by atoms with Crippen molar-refractivity contribution in [3.05, 3.63) is 52.8 Å². The molecule has 0 saturated carbocycles. The lowest BCUT2D eigenvalue weighted by Crippen LogP contribution is -2.23. The van der Waals surface area contributed by atoms with Crippen LogP contribution in [0.4, 0.5) is 37.7 Å². The minimum Gasteiger partial charge on any atom is -0.375 e. The van der Waals surface area contributed by atoms with Crippen molar-refractivity contribution in [3.8, 4) is 0 Å². The second kappa shape index (κ2) is 7.40. The fourth-order valence-corrected chi connectivity index (χ4v) is 2.05. The monoisotopic (exact) mass is 397 g/mol. The van der Waals surface area contributed by atoms with E-state index in [-0.39, 0.29) is 22.1 Å². The smallest absolute Gasteiger partial charge is 0.375 e. The first-order valence-electron chi connectivity index (χ1n) is 6.90. The van der Waals surface area contributed by atoms with E-state index < -0.39 is 30.4 Å². The van der Waals surface area contributed by atoms with Crippen LogP contribution in [0.15, 0.2) is 36.5 Å². The van der Waals surface area contributed by atoms with Gasteiger partial charge in [-0.1, -0.05) is 11.6 Å². The molecule has 11 heteroatoms. The Hall–Kier alpha value is -2.49. The topological polar surface area (TPSA) is 54.0 Å². The van der Waals surface area contributed by atoms with E-state index in [2.05, 4.69) is 10.3 Å². The molecule has 0 saturated heterocycles. The summed E-state index contributed by atoms with van der Waals surface area (Å²) in [5.74, 6) is -0.862. The first-order valence-corrected chi connectivity index (χ1v) is 7.28. The maximum absolute atomic E-state index is 12.5. The highest BCUT2D eigenvalue weighted by atomic mass is 35.5. The Balaban J connectivity index is 2.19. The molecule has 2 aromatic rings. The number of aromatic nitrogens is 1. The zero-order valence-electron chi connectivity index (χ0n) is 12.7. The molecule has 26 heavy (non-hydrogen) atoms. The van der Waals surface area contributed by atoms with E-state index in [0.29, 0.717) is 0 Å². The largest absolute Gasteiger partial charge is 0.416 e. The predicted molar refractivity (Wildman–Crippen MR) is 83.2 cm³/mol. The third-order valence-corrected chi connectivity index (χ3v) is 3.27. The third kappa shape index (κ3) is 5.51. The zero-order valence-corrected chi connectivity index (χ0v) is 13.4. The molecule has 0 radical (unpaired) electrons. The Morgan fingerprint density at radius 2 is 1.69 bits per heavy atom. The van der Waals surface area contributed by atoms with Gasteiger partial charge >= 0.3 is 12.4 Å². The average Bonchev–Trinajstić information content (AvgIpc) is 2.52. The van der Waals surface area contributed by atoms with Gasteiger partial charge in [0, 0.05) is 5.69 Å². The summed E-state index contributed by atoms with van der Waals surface area (Å²) in [6, 6.07) is 4.61. The van der Waals surface area contributed by atoms with Crippen molar-refractivity contribution in [2.45, 2.75) is 12.4 Å². The predicted octanol–water partition coefficient (Wildman–Crippen LogP) is 4.98. The number of nitrogens with zero attached hydrogens (tertiary/aromatic N) is 1. The van der Waals surface area contributed by atoms with E-state index in [9.17, 15) is 31.1 Å². The number of pyridine rings is 1. The molecular weight excluding hydrogens is 388 g/mol. The molecule has 0 aliphatic rings. The Kier molecular flexibility index (Phi) is 5.65. The van der Waals surface area contributed by atoms with Gasteiger partial charge in [0.05, 0.1) is 23.0 Å². The van der Waals surface area contributed by atoms with Gasteiger partial charge in [-0.2, -0.15) is 26.3 Å². The standard InChI is InChI=1S/C15H10ClF6N3O/c16-12-5-10(11(6-23-12)24-7-14(17,18)19)13(26)25-9-3-1-8(2-4-9)15(20,21)22/h1-6,24H,7H2,(H,25,26). The van der Waals surface area contributed by atoms with E-state index in [0.717, 1.165) is 36.5 Å². The van der Waals surface area contributed by atoms with Crippen LogP contribution < -0.4 is 10.6 Å². The zero-order chi connectivity index (χ0) is 19.5. The summed E-state index contributed by atoms with van der Waals surface area (Å²) in [5.41, 5.74) is -1.35. The molecule has 0 atom stereocenters. The molecule has 2 rings (SSSR count). The number of amides is 1. The summed E-state index contributed by atoms with van der Waals surface area (Å²) in [5, 5.41) is 4.17. The number of rotatable bonds is 4. The van der Waals surface area contributed by atoms with Gasteiger partial charge in [0.1, 0.15) is 11.7 Å². The van der Waals surface area contributed by atoms with Crippen LogP contribution in [-0.4, -0.2) is 23.6 Å². The SMILES string of the molecule is O=C(Nc1ccc(C(F)(F)F)cc1)c1cc(Cl)ncc1NCC(F)(F)F. The number of halogens is 7. The first-order chi connectivity index (χ1) is 12.0. The van der Waals surface area contributed by atoms with Crippen molar-refractivity contribution in [2.75, 3.05) is 17.2 Å². The van der Waals surface area contributed by atoms with Crippen molar-refractivity contribution >= 4 is 28.9 Å². The highest BCUT2D eigenvalue weighted by molar-refractivity contribution is 6.30. The van der Waals surface area contributed by atoms with Crippen molar-refractivity contribution < 1.29 is 31.1 Å². The first kappa shape index (κ1) is 19.8. The Morgan fingerprint density at radius 3 is 2.23 bits per heavy atom. The van der Waals surface area contributed by atoms with Gasteiger partial charge in [-0.15, -0.1) is 0 Å². The molecule has 1 aromatic carbocycles. The quantitative estimate of drug-likeness (QED) is 0.565. The molecular formula is C15H10ClF6N3O. The molecule has 4 nitrogen and oxygen atoms in total. The lowest BCUT2D eigenvalue weighted by atomic mass is 10.1. The van der Waals surface area contributed by atoms with Gasteiger partial charge in [-0.05, 0) is 30.3 Å². The average molecular weight is 398 g/mol. The Labute approximate surface area is 148 Å². The van der Waals surface area contributed by atoms with E-state index >= 15 is 0 Å². The van der Waals surface area contributed by atoms with Gasteiger partial charge in [-0.25, -0.2) is 4.98 Å². The number of benzene rings is 1. The molecule has 140 valence electrons. The Morgan fingerprint density at radius 1 is 1.08 bits per heavy atom. The van der Waals surface area contributed by atoms with Crippen LogP contribution in [0.5, 0.6) is 0 Å². The number of nitrogens with one attached hydrogen (secondary N) is 2. The second-order valence-corrected chi connectivity index (χ2v) is 5.44. The van der Waals surface area contributed by atoms with Gasteiger partial charge < -0.3 is 10.6 Å². The van der Waals surface area contributed by atoms with Gasteiger partial charge in [0.25, 0.3) is 5.91 Å². The summed E-state index contributed by atoms with van der Waals surface area (Å²) in [7, 11) is 0. The van der Waals surface area contributed by atoms with Crippen molar-refractivity contribution in [1.29, 1.82) is 0 Å². The summed E-state index contributed by atoms with van der Waals surface area (Å²) in [6.07, 6.45) is -8.10. The minimum absolute atomic E-state index is 0.0257. The fourth-order valence-electron chi connectivity index (χ4n) is 1.90. The lowest BCUT2D eigenvalue weighted by Gasteiger charge is -2.14. The van der Waals surface area contributed by atoms with Crippen LogP contribution in [0, 0.1) is 0 Å². The van der Waals surface area contributed by atoms with Gasteiger partial charge in [0.15, 0.2) is 0 Å². The van der Waals surface area contributed by atoms with E-state index in [1.54, 1.807) is 0 Å². The normalized spacial score (nSPS) is 12.0. The van der Waals surface area contributed by atoms with Crippen LogP contribution in [-0.2, 0) is 6.18 Å². The molecule has 0 aliphatic carbocycles. The Bertz CT molecular complexity index is 789. The maximum atomic E-state index is 12.5. The molecule has 0 fully saturated rings. The molecule has 0 bridgehead atoms. The van der Waals surface area contributed by atoms with E-state index in [1.807, 2.05) is 5.32 Å². The molecule has 0 spiro atoms. The number of carbonyl (C=O) groups is 1. The number of alkyl halides is 6. The van der Waals surface area contributed by atoms with Crippen LogP contribution in [0.2, 0.25) is 5.15 Å². The summed E-state index contributed by atoms with van der Waals surface area (Å²) >= 11 is 5.66. The lowest BCUT2D eigenvalue weighted by molar-refractivity contribution is -0.137. The van der Waals surface area contributed by atoms with Crippen LogP contribution >= 0.6 is 11.6 Å². The summed E-state index contributed by atoms with van der Waals surface area (Å²) in [6.45, 7) is -1.41. The van der Waals surface area contributed by atoms with E-state index in [4.69, 9.17) is 11.6 Å². The highest BCUT2D eigenvalue weighted by Crippen LogP contribution is 2.30. The van der Waals surface area contributed by atoms with Crippen molar-refractivity contribution in [2.24, 2.45) is 0 Å². The molecule has 1 heterocycles. The number of anilines is 2. The minimum atomic E-state index is -4.53. The van der Waals surface area contributed by atoms with Crippen molar-refractivity contribution in [1.82, 2.24) is 4.98 Å². The number of carbonyl (C=O) groups excluding carboxylic acids is 1. The maximum Gasteiger partial charge on any atom is 0.416 e. The molecule has 0 unspecified atom stereocenters. The van der Waals surface area contributed by atoms with Crippen LogP contribution in [0.1, 0.15) is 15.9 Å². The summed E-state index contributed by atoms with van der Waals surface area (Å²) < 4.78 is 74.5. The van der Waals surface area contributed by atoms with E-state index in [1.165, 1.54) is 0 Å². The molecule has 2 N–H and O–H groups in total. The molecule has 1 amide bonds. The summed E-state index contributed by atoms with van der Waals surface area (Å²) in [4.78, 5) is 15.9. The number of hydrogen-bond acceptors (Lipinski definition) is 3. The fraction of sp³-hybridized carbons (Fsp3) is 0.200. The molecule has 0 aliphatic heterocycles. The molecule has 1 aromatic heterocycles. The van der Waals surface area contributed by atoms with Crippen LogP contribution in [0.25, 0.3) is 0 Å². The van der Waals surface area contributed by atoms with Crippen molar-refractivity contribution in [3.63, 3.8) is 0 Å². The number of hydrogen-bond donors (Lipinski definition) is 2. The second-order valence-electron chi connectivity index (χ2n) is 5.05. The van der Waals surface area contributed by atoms with Gasteiger partial charge in [0.2, 0.25) is 0 Å². The van der Waals surface area contributed by atoms with Crippen LogP contribution in [0.3, 0.4) is 0 Å². The van der Waals surface area contributed by atoms with Gasteiger partial charge in [-0.3, -0.25) is 4.79 Å². The third-order valence-electron chi connectivity index (χ3n) is 3.06.